The zero-order valence-electron chi connectivity index (χ0n) is 10.8. The van der Waals surface area contributed by atoms with Gasteiger partial charge in [-0.1, -0.05) is 31.8 Å². The molecule has 4 atom stereocenters. The van der Waals surface area contributed by atoms with Crippen molar-refractivity contribution in [3.63, 3.8) is 0 Å². The first-order valence-electron chi connectivity index (χ1n) is 7.16. The van der Waals surface area contributed by atoms with E-state index in [2.05, 4.69) is 18.8 Å². The van der Waals surface area contributed by atoms with Gasteiger partial charge in [-0.15, -0.1) is 6.58 Å². The molecule has 2 fully saturated rings. The van der Waals surface area contributed by atoms with E-state index >= 15 is 0 Å². The third-order valence-corrected chi connectivity index (χ3v) is 4.58. The van der Waals surface area contributed by atoms with Crippen molar-refractivity contribution in [1.29, 1.82) is 0 Å². The van der Waals surface area contributed by atoms with E-state index in [1.165, 1.54) is 44.9 Å². The Morgan fingerprint density at radius 3 is 2.69 bits per heavy atom. The van der Waals surface area contributed by atoms with Gasteiger partial charge in [-0.3, -0.25) is 0 Å². The summed E-state index contributed by atoms with van der Waals surface area (Å²) in [5, 5.41) is 3.78. The molecule has 2 aliphatic rings. The number of nitrogens with one attached hydrogen (secondary N) is 1. The van der Waals surface area contributed by atoms with Gasteiger partial charge in [0, 0.05) is 12.1 Å². The molecule has 0 heterocycles. The lowest BCUT2D eigenvalue weighted by Crippen LogP contribution is -2.42. The van der Waals surface area contributed by atoms with Crippen molar-refractivity contribution in [2.24, 2.45) is 11.8 Å². The highest BCUT2D eigenvalue weighted by molar-refractivity contribution is 4.88. The SMILES string of the molecule is C=CCC(C)NC1CCC2CCCCC2C1. The van der Waals surface area contributed by atoms with E-state index in [0.717, 1.165) is 24.3 Å². The summed E-state index contributed by atoms with van der Waals surface area (Å²) in [5.41, 5.74) is 0. The van der Waals surface area contributed by atoms with Crippen LogP contribution in [-0.4, -0.2) is 12.1 Å². The number of fused-ring (bicyclic) bond motifs is 1. The number of hydrogen-bond acceptors (Lipinski definition) is 1. The van der Waals surface area contributed by atoms with Gasteiger partial charge in [0.1, 0.15) is 0 Å². The molecule has 0 aliphatic heterocycles. The molecule has 1 N–H and O–H groups in total. The molecule has 0 spiro atoms. The van der Waals surface area contributed by atoms with Gasteiger partial charge < -0.3 is 5.32 Å². The predicted octanol–water partition coefficient (Wildman–Crippen LogP) is 3.90. The lowest BCUT2D eigenvalue weighted by molar-refractivity contribution is 0.139. The summed E-state index contributed by atoms with van der Waals surface area (Å²) in [7, 11) is 0. The topological polar surface area (TPSA) is 12.0 Å². The molecular formula is C15H27N. The molecule has 0 aromatic heterocycles. The second-order valence-corrected chi connectivity index (χ2v) is 5.91. The average Bonchev–Trinajstić information content (AvgIpc) is 2.29. The molecule has 16 heavy (non-hydrogen) atoms. The van der Waals surface area contributed by atoms with Crippen LogP contribution in [0.25, 0.3) is 0 Å². The predicted molar refractivity (Wildman–Crippen MR) is 70.5 cm³/mol. The minimum absolute atomic E-state index is 0.614. The third-order valence-electron chi connectivity index (χ3n) is 4.58. The fourth-order valence-electron chi connectivity index (χ4n) is 3.75. The number of hydrogen-bond donors (Lipinski definition) is 1. The molecule has 0 saturated heterocycles. The Morgan fingerprint density at radius 2 is 1.94 bits per heavy atom. The summed E-state index contributed by atoms with van der Waals surface area (Å²) < 4.78 is 0. The first kappa shape index (κ1) is 12.2. The molecule has 0 bridgehead atoms. The maximum atomic E-state index is 3.82. The largest absolute Gasteiger partial charge is 0.311 e. The summed E-state index contributed by atoms with van der Waals surface area (Å²) in [4.78, 5) is 0. The summed E-state index contributed by atoms with van der Waals surface area (Å²) in [6.07, 6.45) is 13.4. The van der Waals surface area contributed by atoms with Crippen LogP contribution in [0, 0.1) is 11.8 Å². The minimum atomic E-state index is 0.614. The average molecular weight is 221 g/mol. The van der Waals surface area contributed by atoms with E-state index in [0.29, 0.717) is 6.04 Å². The van der Waals surface area contributed by atoms with Crippen molar-refractivity contribution in [3.8, 4) is 0 Å². The van der Waals surface area contributed by atoms with Crippen LogP contribution >= 0.6 is 0 Å². The number of rotatable bonds is 4. The van der Waals surface area contributed by atoms with Crippen LogP contribution in [-0.2, 0) is 0 Å². The van der Waals surface area contributed by atoms with E-state index in [1.807, 2.05) is 6.08 Å². The second-order valence-electron chi connectivity index (χ2n) is 5.91. The van der Waals surface area contributed by atoms with Crippen LogP contribution in [0.5, 0.6) is 0 Å². The Balaban J connectivity index is 1.78. The Morgan fingerprint density at radius 1 is 1.19 bits per heavy atom. The van der Waals surface area contributed by atoms with Gasteiger partial charge in [0.2, 0.25) is 0 Å². The fraction of sp³-hybridized carbons (Fsp3) is 0.867. The van der Waals surface area contributed by atoms with Crippen LogP contribution in [0.3, 0.4) is 0 Å². The van der Waals surface area contributed by atoms with Crippen LogP contribution in [0.15, 0.2) is 12.7 Å². The lowest BCUT2D eigenvalue weighted by atomic mass is 9.69. The van der Waals surface area contributed by atoms with Crippen LogP contribution in [0.1, 0.15) is 58.3 Å². The molecule has 0 amide bonds. The smallest absolute Gasteiger partial charge is 0.00757 e. The minimum Gasteiger partial charge on any atom is -0.311 e. The quantitative estimate of drug-likeness (QED) is 0.710. The Labute approximate surface area is 101 Å². The van der Waals surface area contributed by atoms with E-state index < -0.39 is 0 Å². The molecule has 0 aromatic carbocycles. The lowest BCUT2D eigenvalue weighted by Gasteiger charge is -2.40. The summed E-state index contributed by atoms with van der Waals surface area (Å²) in [6, 6.07) is 1.40. The van der Waals surface area contributed by atoms with Crippen molar-refractivity contribution in [2.75, 3.05) is 0 Å². The summed E-state index contributed by atoms with van der Waals surface area (Å²) in [5.74, 6) is 2.11. The van der Waals surface area contributed by atoms with Crippen molar-refractivity contribution in [1.82, 2.24) is 5.32 Å². The molecule has 2 rings (SSSR count). The van der Waals surface area contributed by atoms with E-state index in [-0.39, 0.29) is 0 Å². The highest BCUT2D eigenvalue weighted by Gasteiger charge is 2.32. The highest BCUT2D eigenvalue weighted by Crippen LogP contribution is 2.40. The first-order valence-corrected chi connectivity index (χ1v) is 7.16. The fourth-order valence-corrected chi connectivity index (χ4v) is 3.75. The van der Waals surface area contributed by atoms with Gasteiger partial charge in [-0.2, -0.15) is 0 Å². The van der Waals surface area contributed by atoms with Crippen LogP contribution < -0.4 is 5.32 Å². The van der Waals surface area contributed by atoms with E-state index in [4.69, 9.17) is 0 Å². The molecule has 0 radical (unpaired) electrons. The zero-order valence-corrected chi connectivity index (χ0v) is 10.8. The monoisotopic (exact) mass is 221 g/mol. The van der Waals surface area contributed by atoms with Crippen molar-refractivity contribution in [2.45, 2.75) is 70.4 Å². The van der Waals surface area contributed by atoms with Gasteiger partial charge in [-0.25, -0.2) is 0 Å². The maximum Gasteiger partial charge on any atom is 0.00757 e. The molecule has 0 aromatic rings. The Kier molecular flexibility index (Phi) is 4.45. The maximum absolute atomic E-state index is 3.82. The molecule has 1 heteroatoms. The van der Waals surface area contributed by atoms with Gasteiger partial charge in [0.05, 0.1) is 0 Å². The van der Waals surface area contributed by atoms with Crippen LogP contribution in [0.4, 0.5) is 0 Å². The first-order chi connectivity index (χ1) is 7.79. The Hall–Kier alpha value is -0.300. The van der Waals surface area contributed by atoms with Gasteiger partial charge in [0.15, 0.2) is 0 Å². The zero-order chi connectivity index (χ0) is 11.4. The van der Waals surface area contributed by atoms with Gasteiger partial charge in [0.25, 0.3) is 0 Å². The van der Waals surface area contributed by atoms with Crippen LogP contribution in [0.2, 0.25) is 0 Å². The second kappa shape index (κ2) is 5.86. The molecule has 4 unspecified atom stereocenters. The van der Waals surface area contributed by atoms with Gasteiger partial charge in [-0.05, 0) is 44.4 Å². The standard InChI is InChI=1S/C15H27N/c1-3-6-12(2)16-15-10-9-13-7-4-5-8-14(13)11-15/h3,12-16H,1,4-11H2,2H3. The summed E-state index contributed by atoms with van der Waals surface area (Å²) >= 11 is 0. The van der Waals surface area contributed by atoms with Gasteiger partial charge >= 0.3 is 0 Å². The van der Waals surface area contributed by atoms with Crippen molar-refractivity contribution < 1.29 is 0 Å². The normalized spacial score (nSPS) is 36.4. The van der Waals surface area contributed by atoms with E-state index in [9.17, 15) is 0 Å². The Bertz CT molecular complexity index is 223. The van der Waals surface area contributed by atoms with E-state index in [1.54, 1.807) is 0 Å². The highest BCUT2D eigenvalue weighted by atomic mass is 14.9. The molecule has 2 aliphatic carbocycles. The third kappa shape index (κ3) is 3.10. The molecule has 92 valence electrons. The summed E-state index contributed by atoms with van der Waals surface area (Å²) in [6.45, 7) is 6.11. The molecule has 1 nitrogen and oxygen atoms in total. The van der Waals surface area contributed by atoms with Crippen molar-refractivity contribution >= 4 is 0 Å². The molecular weight excluding hydrogens is 194 g/mol. The van der Waals surface area contributed by atoms with Crippen molar-refractivity contribution in [3.05, 3.63) is 12.7 Å². The molecule has 2 saturated carbocycles.